The predicted molar refractivity (Wildman–Crippen MR) is 113 cm³/mol. The Bertz CT molecular complexity index is 1480. The monoisotopic (exact) mass is 416 g/mol. The Morgan fingerprint density at radius 1 is 0.933 bits per heavy atom. The summed E-state index contributed by atoms with van der Waals surface area (Å²) in [4.78, 5) is 0. The summed E-state index contributed by atoms with van der Waals surface area (Å²) in [5.74, 6) is -0.377. The number of halogens is 2. The van der Waals surface area contributed by atoms with E-state index >= 15 is 0 Å². The number of nitrogens with zero attached hydrogens (tertiary/aromatic N) is 3. The van der Waals surface area contributed by atoms with Gasteiger partial charge in [-0.3, -0.25) is 5.41 Å². The molecule has 5 aromatic rings. The van der Waals surface area contributed by atoms with Crippen LogP contribution in [-0.4, -0.2) is 9.61 Å². The molecule has 0 amide bonds. The second kappa shape index (κ2) is 6.93. The van der Waals surface area contributed by atoms with Crippen molar-refractivity contribution in [3.63, 3.8) is 0 Å². The van der Waals surface area contributed by atoms with Crippen LogP contribution in [0.5, 0.6) is 0 Å². The van der Waals surface area contributed by atoms with E-state index in [0.29, 0.717) is 37.3 Å². The lowest BCUT2D eigenvalue weighted by Crippen LogP contribution is -2.35. The first-order valence-corrected chi connectivity index (χ1v) is 9.55. The van der Waals surface area contributed by atoms with Crippen LogP contribution in [0, 0.1) is 16.4 Å². The molecule has 0 aliphatic rings. The minimum absolute atomic E-state index is 0.0551. The molecule has 0 saturated carbocycles. The fourth-order valence-electron chi connectivity index (χ4n) is 3.64. The number of nitrogens with one attached hydrogen (secondary N) is 1. The zero-order valence-electron chi connectivity index (χ0n) is 15.5. The molecule has 2 aromatic heterocycles. The second-order valence-corrected chi connectivity index (χ2v) is 7.30. The van der Waals surface area contributed by atoms with Crippen LogP contribution in [0.1, 0.15) is 0 Å². The quantitative estimate of drug-likeness (QED) is 0.257. The fraction of sp³-hybridized carbons (Fsp3) is 0. The molecule has 5 nitrogen and oxygen atoms in total. The lowest BCUT2D eigenvalue weighted by molar-refractivity contribution is -0.580. The molecule has 0 atom stereocenters. The van der Waals surface area contributed by atoms with Crippen LogP contribution in [0.15, 0.2) is 79.0 Å². The summed E-state index contributed by atoms with van der Waals surface area (Å²) in [5.41, 5.74) is 2.62. The van der Waals surface area contributed by atoms with Gasteiger partial charge in [-0.25, -0.2) is 9.12 Å². The zero-order chi connectivity index (χ0) is 20.8. The van der Waals surface area contributed by atoms with E-state index in [4.69, 9.17) is 17.0 Å². The lowest BCUT2D eigenvalue weighted by atomic mass is 10.00. The molecular weight excluding hydrogens is 403 g/mol. The van der Waals surface area contributed by atoms with Crippen molar-refractivity contribution in [1.82, 2.24) is 9.61 Å². The third kappa shape index (κ3) is 2.89. The Morgan fingerprint density at radius 3 is 2.40 bits per heavy atom. The molecule has 30 heavy (non-hydrogen) atoms. The minimum atomic E-state index is -0.377. The van der Waals surface area contributed by atoms with E-state index < -0.39 is 0 Å². The molecule has 3 aromatic carbocycles. The molecule has 7 heteroatoms. The Labute approximate surface area is 175 Å². The zero-order valence-corrected chi connectivity index (χ0v) is 16.3. The van der Waals surface area contributed by atoms with Crippen molar-refractivity contribution < 1.29 is 9.12 Å². The molecule has 146 valence electrons. The summed E-state index contributed by atoms with van der Waals surface area (Å²) in [6, 6.07) is 20.4. The van der Waals surface area contributed by atoms with Gasteiger partial charge in [-0.1, -0.05) is 51.5 Å². The Kier molecular flexibility index (Phi) is 4.22. The molecule has 0 spiro atoms. The van der Waals surface area contributed by atoms with Crippen molar-refractivity contribution in [2.45, 2.75) is 0 Å². The number of rotatable bonds is 2. The second-order valence-electron chi connectivity index (χ2n) is 6.86. The maximum Gasteiger partial charge on any atom is 0.320 e. The van der Waals surface area contributed by atoms with Gasteiger partial charge in [0, 0.05) is 16.0 Å². The molecule has 0 radical (unpaired) electrons. The summed E-state index contributed by atoms with van der Waals surface area (Å²) in [5, 5.41) is 28.2. The highest BCUT2D eigenvalue weighted by Gasteiger charge is 2.21. The molecule has 2 heterocycles. The van der Waals surface area contributed by atoms with Crippen LogP contribution in [0.3, 0.4) is 0 Å². The average Bonchev–Trinajstić information content (AvgIpc) is 2.75. The van der Waals surface area contributed by atoms with Crippen molar-refractivity contribution in [2.75, 3.05) is 0 Å². The Morgan fingerprint density at radius 2 is 1.67 bits per heavy atom. The normalized spacial score (nSPS) is 11.3. The molecule has 0 unspecified atom stereocenters. The van der Waals surface area contributed by atoms with Crippen molar-refractivity contribution >= 4 is 28.0 Å². The van der Waals surface area contributed by atoms with E-state index in [1.54, 1.807) is 30.3 Å². The van der Waals surface area contributed by atoms with Crippen LogP contribution in [0.25, 0.3) is 38.8 Å². The van der Waals surface area contributed by atoms with Gasteiger partial charge in [0.05, 0.1) is 10.9 Å². The van der Waals surface area contributed by atoms with E-state index in [9.17, 15) is 9.60 Å². The third-order valence-corrected chi connectivity index (χ3v) is 5.23. The number of aromatic nitrogens is 3. The first kappa shape index (κ1) is 18.3. The highest BCUT2D eigenvalue weighted by molar-refractivity contribution is 6.31. The largest absolute Gasteiger partial charge is 0.710 e. The maximum atomic E-state index is 13.3. The summed E-state index contributed by atoms with van der Waals surface area (Å²) < 4.78 is 15.3. The maximum absolute atomic E-state index is 13.3. The first-order valence-electron chi connectivity index (χ1n) is 9.17. The fourth-order valence-corrected chi connectivity index (χ4v) is 3.81. The number of hydrogen-bond acceptors (Lipinski definition) is 3. The van der Waals surface area contributed by atoms with Gasteiger partial charge < -0.3 is 5.21 Å². The van der Waals surface area contributed by atoms with Crippen LogP contribution in [0.2, 0.25) is 5.02 Å². The third-order valence-electron chi connectivity index (χ3n) is 5.00. The molecule has 0 aliphatic carbocycles. The molecule has 5 rings (SSSR count). The van der Waals surface area contributed by atoms with Gasteiger partial charge in [0.25, 0.3) is 0 Å². The van der Waals surface area contributed by atoms with Crippen LogP contribution in [-0.2, 0) is 0 Å². The van der Waals surface area contributed by atoms with Crippen molar-refractivity contribution in [3.05, 3.63) is 101 Å². The predicted octanol–water partition coefficient (Wildman–Crippen LogP) is 4.73. The van der Waals surface area contributed by atoms with Gasteiger partial charge in [0.2, 0.25) is 5.49 Å². The number of benzene rings is 3. The highest BCUT2D eigenvalue weighted by atomic mass is 35.5. The van der Waals surface area contributed by atoms with Crippen LogP contribution >= 0.6 is 11.6 Å². The van der Waals surface area contributed by atoms with Gasteiger partial charge in [0.15, 0.2) is 5.69 Å². The minimum Gasteiger partial charge on any atom is -0.710 e. The highest BCUT2D eigenvalue weighted by Crippen LogP contribution is 2.29. The van der Waals surface area contributed by atoms with Gasteiger partial charge in [-0.15, -0.1) is 0 Å². The summed E-state index contributed by atoms with van der Waals surface area (Å²) in [7, 11) is 0. The van der Waals surface area contributed by atoms with E-state index in [-0.39, 0.29) is 17.0 Å². The van der Waals surface area contributed by atoms with Gasteiger partial charge in [-0.05, 0) is 48.0 Å². The van der Waals surface area contributed by atoms with Crippen LogP contribution < -0.4 is 10.2 Å². The van der Waals surface area contributed by atoms with E-state index in [2.05, 4.69) is 5.10 Å². The summed E-state index contributed by atoms with van der Waals surface area (Å²) >= 11 is 6.24. The van der Waals surface area contributed by atoms with E-state index in [0.717, 1.165) is 5.56 Å². The molecular formula is C23H14ClFN4O. The Balaban J connectivity index is 1.93. The van der Waals surface area contributed by atoms with Gasteiger partial charge in [0.1, 0.15) is 12.0 Å². The lowest BCUT2D eigenvalue weighted by Gasteiger charge is -2.13. The topological polar surface area (TPSA) is 68.1 Å². The molecule has 0 aliphatic heterocycles. The number of hydrogen-bond donors (Lipinski definition) is 1. The van der Waals surface area contributed by atoms with Gasteiger partial charge in [-0.2, -0.15) is 0 Å². The molecule has 0 bridgehead atoms. The molecule has 0 saturated heterocycles. The summed E-state index contributed by atoms with van der Waals surface area (Å²) in [6.07, 6.45) is 1.33. The van der Waals surface area contributed by atoms with E-state index in [1.165, 1.54) is 22.8 Å². The smallest absolute Gasteiger partial charge is 0.320 e. The van der Waals surface area contributed by atoms with Crippen LogP contribution in [0.4, 0.5) is 4.39 Å². The number of pyridine rings is 1. The Hall–Kier alpha value is -3.77. The first-order chi connectivity index (χ1) is 14.5. The summed E-state index contributed by atoms with van der Waals surface area (Å²) in [6.45, 7) is 0. The number of fused-ring (bicyclic) bond motifs is 3. The van der Waals surface area contributed by atoms with Crippen molar-refractivity contribution in [2.24, 2.45) is 0 Å². The van der Waals surface area contributed by atoms with Crippen molar-refractivity contribution in [3.8, 4) is 22.4 Å². The average molecular weight is 417 g/mol. The van der Waals surface area contributed by atoms with Gasteiger partial charge >= 0.3 is 5.65 Å². The standard InChI is InChI=1S/C23H14ClFN4O/c24-16-8-11-18-19(12-16)21(15-4-2-1-3-5-15)22(26)29-23(18)28(30)13-20(27-29)14-6-9-17(25)10-7-14/h1-13,26H. The molecule has 0 fully saturated rings. The molecule has 1 N–H and O–H groups in total. The van der Waals surface area contributed by atoms with E-state index in [1.807, 2.05) is 30.3 Å². The SMILES string of the molecule is N=c1c(-c2ccccc2)c2cc(Cl)ccc2c2n1nc(-c1ccc(F)cc1)c[n+]2[O-]. The van der Waals surface area contributed by atoms with Crippen molar-refractivity contribution in [1.29, 1.82) is 5.41 Å².